The summed E-state index contributed by atoms with van der Waals surface area (Å²) in [4.78, 5) is 54.0. The van der Waals surface area contributed by atoms with Gasteiger partial charge in [0.15, 0.2) is 0 Å². The van der Waals surface area contributed by atoms with E-state index in [4.69, 9.17) is 20.4 Å². The Bertz CT molecular complexity index is 442. The maximum absolute atomic E-state index is 11.5. The third-order valence-electron chi connectivity index (χ3n) is 2.74. The van der Waals surface area contributed by atoms with Gasteiger partial charge in [0.25, 0.3) is 0 Å². The van der Waals surface area contributed by atoms with Gasteiger partial charge >= 0.3 is 30.0 Å². The molecule has 0 spiro atoms. The zero-order chi connectivity index (χ0) is 18.7. The molecule has 0 heterocycles. The summed E-state index contributed by atoms with van der Waals surface area (Å²) in [6, 6.07) is 0. The van der Waals surface area contributed by atoms with E-state index in [1.807, 2.05) is 0 Å². The lowest BCUT2D eigenvalue weighted by atomic mass is 10.1. The number of carboxylic acids is 4. The molecule has 136 valence electrons. The Balaban J connectivity index is 4.49. The summed E-state index contributed by atoms with van der Waals surface area (Å²) in [6.07, 6.45) is -6.25. The van der Waals surface area contributed by atoms with Crippen LogP contribution in [0, 0.1) is 0 Å². The minimum atomic E-state index is -1.68. The molecule has 0 radical (unpaired) electrons. The zero-order valence-corrected chi connectivity index (χ0v) is 12.5. The van der Waals surface area contributed by atoms with Gasteiger partial charge in [0.2, 0.25) is 12.2 Å². The molecule has 4 N–H and O–H groups in total. The van der Waals surface area contributed by atoms with E-state index in [1.165, 1.54) is 0 Å². The fourth-order valence-electron chi connectivity index (χ4n) is 1.60. The van der Waals surface area contributed by atoms with Crippen LogP contribution in [0.4, 0.5) is 4.79 Å². The number of ether oxygens (including phenoxy) is 2. The topological polar surface area (TPSA) is 185 Å². The van der Waals surface area contributed by atoms with Crippen LogP contribution in [0.2, 0.25) is 0 Å². The summed E-state index contributed by atoms with van der Waals surface area (Å²) >= 11 is 0. The van der Waals surface area contributed by atoms with Gasteiger partial charge in [0.1, 0.15) is 0 Å². The quantitative estimate of drug-likeness (QED) is 0.360. The van der Waals surface area contributed by atoms with E-state index in [0.717, 1.165) is 0 Å². The second-order valence-corrected chi connectivity index (χ2v) is 4.71. The number of hydrogen-bond donors (Lipinski definition) is 4. The van der Waals surface area contributed by atoms with E-state index in [9.17, 15) is 24.0 Å². The summed E-state index contributed by atoms with van der Waals surface area (Å²) in [7, 11) is 0. The highest BCUT2D eigenvalue weighted by Crippen LogP contribution is 2.11. The Morgan fingerprint density at radius 1 is 0.667 bits per heavy atom. The first-order chi connectivity index (χ1) is 11.1. The molecule has 0 bridgehead atoms. The molecule has 0 aliphatic heterocycles. The number of hydrogen-bond acceptors (Lipinski definition) is 7. The van der Waals surface area contributed by atoms with Gasteiger partial charge in [-0.15, -0.1) is 0 Å². The fraction of sp³-hybridized carbons (Fsp3) is 0.615. The largest absolute Gasteiger partial charge is 0.509 e. The van der Waals surface area contributed by atoms with Crippen molar-refractivity contribution in [2.75, 3.05) is 0 Å². The van der Waals surface area contributed by atoms with Crippen molar-refractivity contribution in [2.45, 2.75) is 50.7 Å². The highest BCUT2D eigenvalue weighted by molar-refractivity contribution is 5.78. The van der Waals surface area contributed by atoms with Crippen LogP contribution in [0.25, 0.3) is 0 Å². The standard InChI is InChI=1S/C13H18O11/c14-9(15)5-1-3-7(11(18)19)23-13(22)24-8(12(20)21)4-2-6-10(16)17/h7-8H,1-6H2,(H,14,15)(H,16,17)(H,18,19)(H,20,21). The number of aliphatic carboxylic acids is 4. The monoisotopic (exact) mass is 350 g/mol. The first-order valence-corrected chi connectivity index (χ1v) is 6.90. The van der Waals surface area contributed by atoms with Crippen LogP contribution in [0.1, 0.15) is 38.5 Å². The van der Waals surface area contributed by atoms with Gasteiger partial charge < -0.3 is 29.9 Å². The molecule has 0 aliphatic rings. The number of rotatable bonds is 12. The Kier molecular flexibility index (Phi) is 9.52. The second-order valence-electron chi connectivity index (χ2n) is 4.71. The molecule has 2 atom stereocenters. The molecule has 0 rings (SSSR count). The third-order valence-corrected chi connectivity index (χ3v) is 2.74. The van der Waals surface area contributed by atoms with Crippen LogP contribution in [-0.2, 0) is 28.7 Å². The molecule has 0 aromatic rings. The van der Waals surface area contributed by atoms with E-state index in [1.54, 1.807) is 0 Å². The SMILES string of the molecule is O=C(O)CCCC(OC(=O)OC(CCCC(=O)O)C(=O)O)C(=O)O. The van der Waals surface area contributed by atoms with Crippen LogP contribution in [0.5, 0.6) is 0 Å². The minimum absolute atomic E-state index is 0.0689. The number of carbonyl (C=O) groups is 5. The van der Waals surface area contributed by atoms with Crippen molar-refractivity contribution in [1.29, 1.82) is 0 Å². The third kappa shape index (κ3) is 9.97. The van der Waals surface area contributed by atoms with Crippen molar-refractivity contribution in [3.05, 3.63) is 0 Å². The number of carbonyl (C=O) groups excluding carboxylic acids is 1. The maximum atomic E-state index is 11.5. The van der Waals surface area contributed by atoms with Gasteiger partial charge in [-0.2, -0.15) is 0 Å². The van der Waals surface area contributed by atoms with E-state index in [0.29, 0.717) is 0 Å². The van der Waals surface area contributed by atoms with Gasteiger partial charge in [-0.05, 0) is 25.7 Å². The lowest BCUT2D eigenvalue weighted by Crippen LogP contribution is -2.32. The van der Waals surface area contributed by atoms with Crippen molar-refractivity contribution in [3.8, 4) is 0 Å². The van der Waals surface area contributed by atoms with Crippen molar-refractivity contribution in [2.24, 2.45) is 0 Å². The van der Waals surface area contributed by atoms with Crippen LogP contribution in [0.3, 0.4) is 0 Å². The van der Waals surface area contributed by atoms with Gasteiger partial charge in [0.05, 0.1) is 0 Å². The predicted octanol–water partition coefficient (Wildman–Crippen LogP) is 0.556. The molecule has 0 aromatic heterocycles. The maximum Gasteiger partial charge on any atom is 0.509 e. The Morgan fingerprint density at radius 2 is 1.00 bits per heavy atom. The molecule has 0 saturated heterocycles. The average Bonchev–Trinajstić information content (AvgIpc) is 2.44. The highest BCUT2D eigenvalue weighted by Gasteiger charge is 2.28. The summed E-state index contributed by atoms with van der Waals surface area (Å²) in [6.45, 7) is 0. The van der Waals surface area contributed by atoms with Crippen molar-refractivity contribution < 1.29 is 53.9 Å². The van der Waals surface area contributed by atoms with Gasteiger partial charge in [-0.25, -0.2) is 14.4 Å². The van der Waals surface area contributed by atoms with Crippen molar-refractivity contribution in [3.63, 3.8) is 0 Å². The Morgan fingerprint density at radius 3 is 1.25 bits per heavy atom. The van der Waals surface area contributed by atoms with Crippen LogP contribution in [0.15, 0.2) is 0 Å². The van der Waals surface area contributed by atoms with Gasteiger partial charge in [-0.1, -0.05) is 0 Å². The molecule has 24 heavy (non-hydrogen) atoms. The molecule has 11 heteroatoms. The van der Waals surface area contributed by atoms with Crippen molar-refractivity contribution in [1.82, 2.24) is 0 Å². The molecule has 2 unspecified atom stereocenters. The van der Waals surface area contributed by atoms with Gasteiger partial charge in [0, 0.05) is 12.8 Å². The number of carboxylic acid groups (broad SMARTS) is 4. The highest BCUT2D eigenvalue weighted by atomic mass is 16.7. The molecular formula is C13H18O11. The van der Waals surface area contributed by atoms with E-state index in [2.05, 4.69) is 9.47 Å². The van der Waals surface area contributed by atoms with Crippen LogP contribution >= 0.6 is 0 Å². The predicted molar refractivity (Wildman–Crippen MR) is 73.4 cm³/mol. The zero-order valence-electron chi connectivity index (χ0n) is 12.5. The van der Waals surface area contributed by atoms with E-state index >= 15 is 0 Å². The molecular weight excluding hydrogens is 332 g/mol. The Labute approximate surface area is 135 Å². The van der Waals surface area contributed by atoms with Crippen LogP contribution in [-0.4, -0.2) is 62.7 Å². The smallest absolute Gasteiger partial charge is 0.481 e. The first kappa shape index (κ1) is 21.1. The summed E-state index contributed by atoms with van der Waals surface area (Å²) < 4.78 is 8.94. The molecule has 0 amide bonds. The lowest BCUT2D eigenvalue weighted by Gasteiger charge is -2.16. The lowest BCUT2D eigenvalue weighted by molar-refractivity contribution is -0.154. The molecule has 0 saturated carbocycles. The van der Waals surface area contributed by atoms with Crippen molar-refractivity contribution >= 4 is 30.0 Å². The minimum Gasteiger partial charge on any atom is -0.481 e. The summed E-state index contributed by atoms with van der Waals surface area (Å²) in [5, 5.41) is 34.7. The normalized spacial score (nSPS) is 12.7. The molecule has 0 aliphatic carbocycles. The second kappa shape index (κ2) is 10.8. The summed E-state index contributed by atoms with van der Waals surface area (Å²) in [5.41, 5.74) is 0. The van der Waals surface area contributed by atoms with Crippen LogP contribution < -0.4 is 0 Å². The molecule has 0 aromatic carbocycles. The summed E-state index contributed by atoms with van der Waals surface area (Å²) in [5.74, 6) is -5.36. The van der Waals surface area contributed by atoms with E-state index in [-0.39, 0.29) is 38.5 Å². The fourth-order valence-corrected chi connectivity index (χ4v) is 1.60. The first-order valence-electron chi connectivity index (χ1n) is 6.90. The van der Waals surface area contributed by atoms with Gasteiger partial charge in [-0.3, -0.25) is 9.59 Å². The average molecular weight is 350 g/mol. The Hall–Kier alpha value is -2.85. The molecule has 0 fully saturated rings. The van der Waals surface area contributed by atoms with E-state index < -0.39 is 42.2 Å². The molecule has 11 nitrogen and oxygen atoms in total.